The summed E-state index contributed by atoms with van der Waals surface area (Å²) in [6.45, 7) is 5.32. The summed E-state index contributed by atoms with van der Waals surface area (Å²) in [6, 6.07) is 12.8. The molecule has 166 valence electrons. The first-order valence-electron chi connectivity index (χ1n) is 9.64. The zero-order valence-corrected chi connectivity index (χ0v) is 20.4. The predicted molar refractivity (Wildman–Crippen MR) is 133 cm³/mol. The van der Waals surface area contributed by atoms with Crippen molar-refractivity contribution in [2.75, 3.05) is 25.1 Å². The summed E-state index contributed by atoms with van der Waals surface area (Å²) >= 11 is 6.00. The number of hydrogen-bond acceptors (Lipinski definition) is 6. The van der Waals surface area contributed by atoms with Crippen LogP contribution in [0, 0.1) is 0 Å². The molecule has 0 aliphatic heterocycles. The summed E-state index contributed by atoms with van der Waals surface area (Å²) in [4.78, 5) is 8.70. The SMILES string of the molecule is CCOc1ccc(OCC)c(NC(N)=NCCc2nc(-c3cccc(Cl)c3)no2)c1.I. The van der Waals surface area contributed by atoms with Crippen LogP contribution < -0.4 is 20.5 Å². The van der Waals surface area contributed by atoms with Gasteiger partial charge in [0.1, 0.15) is 11.5 Å². The predicted octanol–water partition coefficient (Wildman–Crippen LogP) is 4.77. The number of guanidine groups is 1. The minimum Gasteiger partial charge on any atom is -0.494 e. The molecular weight excluding hydrogens is 533 g/mol. The maximum absolute atomic E-state index is 6.03. The van der Waals surface area contributed by atoms with E-state index in [1.807, 2.05) is 44.2 Å². The number of hydrogen-bond donors (Lipinski definition) is 2. The Hall–Kier alpha value is -2.53. The number of nitrogens with zero attached hydrogens (tertiary/aromatic N) is 3. The Morgan fingerprint density at radius 2 is 1.97 bits per heavy atom. The molecule has 3 N–H and O–H groups in total. The molecule has 0 atom stereocenters. The van der Waals surface area contributed by atoms with Crippen LogP contribution in [0.15, 0.2) is 52.0 Å². The monoisotopic (exact) mass is 557 g/mol. The van der Waals surface area contributed by atoms with Gasteiger partial charge in [-0.05, 0) is 38.1 Å². The van der Waals surface area contributed by atoms with Gasteiger partial charge in [-0.25, -0.2) is 0 Å². The quantitative estimate of drug-likeness (QED) is 0.222. The van der Waals surface area contributed by atoms with Crippen molar-refractivity contribution in [1.82, 2.24) is 10.1 Å². The van der Waals surface area contributed by atoms with Crippen molar-refractivity contribution in [3.05, 3.63) is 53.4 Å². The highest BCUT2D eigenvalue weighted by Gasteiger charge is 2.10. The summed E-state index contributed by atoms with van der Waals surface area (Å²) < 4.78 is 16.4. The van der Waals surface area contributed by atoms with E-state index in [0.29, 0.717) is 54.4 Å². The highest BCUT2D eigenvalue weighted by Crippen LogP contribution is 2.29. The lowest BCUT2D eigenvalue weighted by molar-refractivity contribution is 0.332. The molecular formula is C21H25ClIN5O3. The second kappa shape index (κ2) is 12.4. The third-order valence-corrected chi connectivity index (χ3v) is 4.22. The molecule has 0 radical (unpaired) electrons. The first-order chi connectivity index (χ1) is 14.6. The molecule has 0 aliphatic rings. The van der Waals surface area contributed by atoms with Crippen LogP contribution >= 0.6 is 35.6 Å². The van der Waals surface area contributed by atoms with Crippen molar-refractivity contribution in [1.29, 1.82) is 0 Å². The van der Waals surface area contributed by atoms with E-state index in [0.717, 1.165) is 11.3 Å². The fourth-order valence-electron chi connectivity index (χ4n) is 2.70. The number of ether oxygens (including phenoxy) is 2. The van der Waals surface area contributed by atoms with Gasteiger partial charge in [-0.2, -0.15) is 4.98 Å². The molecule has 3 aromatic rings. The van der Waals surface area contributed by atoms with Crippen LogP contribution in [0.2, 0.25) is 5.02 Å². The standard InChI is InChI=1S/C21H24ClN5O3.HI/c1-3-28-16-8-9-18(29-4-2)17(13-16)25-21(23)24-11-10-19-26-20(27-30-19)14-6-5-7-15(22)12-14;/h5-9,12-13H,3-4,10-11H2,1-2H3,(H3,23,24,25);1H. The van der Waals surface area contributed by atoms with Crippen LogP contribution in [0.3, 0.4) is 0 Å². The largest absolute Gasteiger partial charge is 0.494 e. The van der Waals surface area contributed by atoms with Crippen LogP contribution in [0.4, 0.5) is 5.69 Å². The van der Waals surface area contributed by atoms with Crippen molar-refractivity contribution < 1.29 is 14.0 Å². The molecule has 0 bridgehead atoms. The molecule has 2 aromatic carbocycles. The normalized spacial score (nSPS) is 11.0. The number of nitrogens with one attached hydrogen (secondary N) is 1. The first kappa shape index (κ1) is 24.7. The maximum Gasteiger partial charge on any atom is 0.228 e. The van der Waals surface area contributed by atoms with Crippen LogP contribution in [-0.4, -0.2) is 35.9 Å². The van der Waals surface area contributed by atoms with Crippen molar-refractivity contribution >= 4 is 47.2 Å². The van der Waals surface area contributed by atoms with Gasteiger partial charge in [-0.15, -0.1) is 24.0 Å². The van der Waals surface area contributed by atoms with Gasteiger partial charge in [0.2, 0.25) is 11.7 Å². The molecule has 10 heteroatoms. The Kier molecular flexibility index (Phi) is 9.86. The minimum atomic E-state index is 0. The topological polar surface area (TPSA) is 108 Å². The molecule has 0 saturated carbocycles. The van der Waals surface area contributed by atoms with E-state index in [9.17, 15) is 0 Å². The molecule has 0 fully saturated rings. The Labute approximate surface area is 203 Å². The average molecular weight is 558 g/mol. The van der Waals surface area contributed by atoms with Gasteiger partial charge in [0, 0.05) is 23.1 Å². The molecule has 8 nitrogen and oxygen atoms in total. The van der Waals surface area contributed by atoms with E-state index >= 15 is 0 Å². The summed E-state index contributed by atoms with van der Waals surface area (Å²) in [6.07, 6.45) is 0.452. The van der Waals surface area contributed by atoms with E-state index in [1.54, 1.807) is 12.1 Å². The summed E-state index contributed by atoms with van der Waals surface area (Å²) in [5.41, 5.74) is 7.51. The highest BCUT2D eigenvalue weighted by atomic mass is 127. The third kappa shape index (κ3) is 7.28. The van der Waals surface area contributed by atoms with Gasteiger partial charge in [-0.1, -0.05) is 28.9 Å². The first-order valence-corrected chi connectivity index (χ1v) is 10.0. The lowest BCUT2D eigenvalue weighted by atomic mass is 10.2. The van der Waals surface area contributed by atoms with Gasteiger partial charge in [0.15, 0.2) is 5.96 Å². The minimum absolute atomic E-state index is 0. The van der Waals surface area contributed by atoms with Crippen LogP contribution in [0.5, 0.6) is 11.5 Å². The number of benzene rings is 2. The van der Waals surface area contributed by atoms with E-state index < -0.39 is 0 Å². The zero-order valence-electron chi connectivity index (χ0n) is 17.3. The number of nitrogens with two attached hydrogens (primary N) is 1. The van der Waals surface area contributed by atoms with Gasteiger partial charge in [0.05, 0.1) is 25.4 Å². The van der Waals surface area contributed by atoms with Gasteiger partial charge in [0.25, 0.3) is 0 Å². The molecule has 1 aromatic heterocycles. The second-order valence-corrected chi connectivity index (χ2v) is 6.62. The highest BCUT2D eigenvalue weighted by molar-refractivity contribution is 14.0. The molecule has 0 unspecified atom stereocenters. The maximum atomic E-state index is 6.03. The van der Waals surface area contributed by atoms with Crippen molar-refractivity contribution in [3.8, 4) is 22.9 Å². The van der Waals surface area contributed by atoms with Gasteiger partial charge in [-0.3, -0.25) is 4.99 Å². The lowest BCUT2D eigenvalue weighted by Crippen LogP contribution is -2.23. The lowest BCUT2D eigenvalue weighted by Gasteiger charge is -2.13. The van der Waals surface area contributed by atoms with Crippen LogP contribution in [0.25, 0.3) is 11.4 Å². The van der Waals surface area contributed by atoms with Crippen molar-refractivity contribution in [2.45, 2.75) is 20.3 Å². The number of rotatable bonds is 9. The second-order valence-electron chi connectivity index (χ2n) is 6.19. The van der Waals surface area contributed by atoms with Crippen LogP contribution in [-0.2, 0) is 6.42 Å². The van der Waals surface area contributed by atoms with Gasteiger partial charge < -0.3 is 25.0 Å². The number of halogens is 2. The molecule has 3 rings (SSSR count). The van der Waals surface area contributed by atoms with E-state index in [1.165, 1.54) is 0 Å². The van der Waals surface area contributed by atoms with Crippen LogP contribution in [0.1, 0.15) is 19.7 Å². The molecule has 0 saturated heterocycles. The Morgan fingerprint density at radius 1 is 1.16 bits per heavy atom. The van der Waals surface area contributed by atoms with Gasteiger partial charge >= 0.3 is 0 Å². The number of anilines is 1. The number of aliphatic imine (C=N–C) groups is 1. The molecule has 1 heterocycles. The van der Waals surface area contributed by atoms with Crippen molar-refractivity contribution in [3.63, 3.8) is 0 Å². The summed E-state index contributed by atoms with van der Waals surface area (Å²) in [5, 5.41) is 7.65. The zero-order chi connectivity index (χ0) is 21.3. The molecule has 0 aliphatic carbocycles. The Balaban J connectivity index is 0.00000341. The molecule has 0 spiro atoms. The summed E-state index contributed by atoms with van der Waals surface area (Å²) in [7, 11) is 0. The average Bonchev–Trinajstić information content (AvgIpc) is 3.19. The van der Waals surface area contributed by atoms with E-state index in [-0.39, 0.29) is 29.9 Å². The molecule has 31 heavy (non-hydrogen) atoms. The Morgan fingerprint density at radius 3 is 2.71 bits per heavy atom. The van der Waals surface area contributed by atoms with Crippen molar-refractivity contribution in [2.24, 2.45) is 10.7 Å². The molecule has 0 amide bonds. The smallest absolute Gasteiger partial charge is 0.228 e. The third-order valence-electron chi connectivity index (χ3n) is 3.98. The number of aromatic nitrogens is 2. The summed E-state index contributed by atoms with van der Waals surface area (Å²) in [5.74, 6) is 2.59. The van der Waals surface area contributed by atoms with E-state index in [4.69, 9.17) is 31.3 Å². The fourth-order valence-corrected chi connectivity index (χ4v) is 2.89. The van der Waals surface area contributed by atoms with E-state index in [2.05, 4.69) is 20.4 Å². The Bertz CT molecular complexity index is 1010. The fraction of sp³-hybridized carbons (Fsp3) is 0.286.